The van der Waals surface area contributed by atoms with Crippen LogP contribution in [0, 0.1) is 11.3 Å². The van der Waals surface area contributed by atoms with Gasteiger partial charge in [0.05, 0.1) is 12.1 Å². The van der Waals surface area contributed by atoms with Crippen LogP contribution in [0.1, 0.15) is 97.0 Å². The summed E-state index contributed by atoms with van der Waals surface area (Å²) in [6.45, 7) is 6.27. The first-order chi connectivity index (χ1) is 21.8. The molecule has 0 spiro atoms. The fourth-order valence-corrected chi connectivity index (χ4v) is 6.93. The van der Waals surface area contributed by atoms with Gasteiger partial charge >= 0.3 is 12.0 Å². The molecular weight excluding hydrogens is 631 g/mol. The molecule has 2 aliphatic carbocycles. The SMILES string of the molecule is CC(C)(C)C(NC(=O)NC1(C(=O)OCc2ccsc2)CCCCC1)C(=O)N1CCCC1C=O.NC(=O)C(=O)C(CC1CCC1)NS. The van der Waals surface area contributed by atoms with Crippen molar-refractivity contribution < 1.29 is 33.5 Å². The summed E-state index contributed by atoms with van der Waals surface area (Å²) < 4.78 is 8.10. The van der Waals surface area contributed by atoms with E-state index in [2.05, 4.69) is 28.2 Å². The lowest BCUT2D eigenvalue weighted by atomic mass is 9.80. The van der Waals surface area contributed by atoms with Gasteiger partial charge in [-0.05, 0) is 60.3 Å². The number of ether oxygens (including phenoxy) is 1. The fraction of sp³-hybridized carbons (Fsp3) is 0.688. The summed E-state index contributed by atoms with van der Waals surface area (Å²) in [5.74, 6) is -1.62. The Balaban J connectivity index is 0.000000370. The molecule has 1 aromatic rings. The number of hydrogen-bond donors (Lipinski definition) is 5. The van der Waals surface area contributed by atoms with E-state index in [4.69, 9.17) is 10.5 Å². The lowest BCUT2D eigenvalue weighted by molar-refractivity contribution is -0.154. The van der Waals surface area contributed by atoms with Crippen molar-refractivity contribution in [2.75, 3.05) is 6.54 Å². The summed E-state index contributed by atoms with van der Waals surface area (Å²) in [7, 11) is 0. The summed E-state index contributed by atoms with van der Waals surface area (Å²) in [5.41, 5.74) is 4.11. The Morgan fingerprint density at radius 1 is 1.11 bits per heavy atom. The predicted octanol–water partition coefficient (Wildman–Crippen LogP) is 3.43. The monoisotopic (exact) mass is 679 g/mol. The lowest BCUT2D eigenvalue weighted by Gasteiger charge is -2.38. The third kappa shape index (κ3) is 10.3. The van der Waals surface area contributed by atoms with E-state index in [0.717, 1.165) is 50.4 Å². The van der Waals surface area contributed by atoms with Gasteiger partial charge in [0.25, 0.3) is 5.91 Å². The van der Waals surface area contributed by atoms with Gasteiger partial charge in [0.2, 0.25) is 11.7 Å². The van der Waals surface area contributed by atoms with Gasteiger partial charge in [-0.3, -0.25) is 19.1 Å². The second-order valence-electron chi connectivity index (χ2n) is 13.6. The molecule has 14 heteroatoms. The Morgan fingerprint density at radius 3 is 2.33 bits per heavy atom. The molecule has 2 heterocycles. The van der Waals surface area contributed by atoms with Crippen molar-refractivity contribution in [3.05, 3.63) is 22.4 Å². The first-order valence-corrected chi connectivity index (χ1v) is 17.5. The molecule has 256 valence electrons. The maximum Gasteiger partial charge on any atom is 0.332 e. The number of primary amides is 1. The number of carbonyl (C=O) groups excluding carboxylic acids is 6. The highest BCUT2D eigenvalue weighted by Crippen LogP contribution is 2.32. The molecule has 0 radical (unpaired) electrons. The highest BCUT2D eigenvalue weighted by atomic mass is 32.1. The van der Waals surface area contributed by atoms with E-state index in [1.54, 1.807) is 4.90 Å². The molecule has 2 saturated carbocycles. The number of thiophene rings is 1. The molecule has 4 amide bonds. The number of esters is 1. The molecule has 3 unspecified atom stereocenters. The van der Waals surface area contributed by atoms with Crippen molar-refractivity contribution in [2.24, 2.45) is 17.1 Å². The van der Waals surface area contributed by atoms with Crippen LogP contribution in [0.3, 0.4) is 0 Å². The Morgan fingerprint density at radius 2 is 1.80 bits per heavy atom. The number of thiol groups is 1. The van der Waals surface area contributed by atoms with E-state index in [1.807, 2.05) is 37.6 Å². The van der Waals surface area contributed by atoms with E-state index in [1.165, 1.54) is 17.8 Å². The number of amides is 4. The number of nitrogens with two attached hydrogens (primary N) is 1. The van der Waals surface area contributed by atoms with E-state index in [-0.39, 0.29) is 12.5 Å². The third-order valence-corrected chi connectivity index (χ3v) is 10.1. The van der Waals surface area contributed by atoms with Gasteiger partial charge in [-0.1, -0.05) is 72.1 Å². The zero-order chi connectivity index (χ0) is 33.9. The van der Waals surface area contributed by atoms with Crippen LogP contribution in [0.4, 0.5) is 4.79 Å². The second-order valence-corrected chi connectivity index (χ2v) is 14.6. The Hall–Kier alpha value is -2.97. The molecule has 3 aliphatic rings. The molecule has 1 aromatic heterocycles. The first-order valence-electron chi connectivity index (χ1n) is 16.1. The normalized spacial score (nSPS) is 20.6. The van der Waals surface area contributed by atoms with Crippen molar-refractivity contribution in [1.82, 2.24) is 20.3 Å². The van der Waals surface area contributed by atoms with Crippen LogP contribution in [-0.4, -0.2) is 71.0 Å². The second kappa shape index (κ2) is 17.3. The molecule has 46 heavy (non-hydrogen) atoms. The Kier molecular flexibility index (Phi) is 14.1. The standard InChI is InChI=1S/C24H35N3O5S.C8H14N2O2S/c1-23(2,3)19(20(29)27-12-7-8-18(27)14-28)25-22(31)26-24(10-5-4-6-11-24)21(30)32-15-17-9-13-33-16-17;9-8(12)7(11)6(10-13)4-5-2-1-3-5/h9,13-14,16,18-19H,4-8,10-12,15H2,1-3H3,(H2,25,26,31);5-6,10,13H,1-4H2,(H2,9,12). The quantitative estimate of drug-likeness (QED) is 0.0966. The summed E-state index contributed by atoms with van der Waals surface area (Å²) in [5, 5.41) is 9.53. The molecule has 12 nitrogen and oxygen atoms in total. The van der Waals surface area contributed by atoms with E-state index in [0.29, 0.717) is 38.1 Å². The Labute approximate surface area is 280 Å². The van der Waals surface area contributed by atoms with E-state index in [9.17, 15) is 28.8 Å². The highest BCUT2D eigenvalue weighted by molar-refractivity contribution is 7.78. The molecule has 5 N–H and O–H groups in total. The molecule has 3 fully saturated rings. The number of rotatable bonds is 12. The fourth-order valence-electron chi connectivity index (χ4n) is 6.06. The van der Waals surface area contributed by atoms with Crippen molar-refractivity contribution >= 4 is 60.0 Å². The van der Waals surface area contributed by atoms with Crippen LogP contribution in [0.25, 0.3) is 0 Å². The van der Waals surface area contributed by atoms with Crippen LogP contribution in [0.2, 0.25) is 0 Å². The van der Waals surface area contributed by atoms with Gasteiger partial charge < -0.3 is 30.8 Å². The number of Topliss-reactive ketones (excluding diaryl/α,β-unsaturated/α-hetero) is 1. The van der Waals surface area contributed by atoms with Crippen molar-refractivity contribution in [2.45, 2.75) is 122 Å². The van der Waals surface area contributed by atoms with E-state index < -0.39 is 52.8 Å². The topological polar surface area (TPSA) is 177 Å². The van der Waals surface area contributed by atoms with Crippen LogP contribution in [0.5, 0.6) is 0 Å². The molecule has 3 atom stereocenters. The van der Waals surface area contributed by atoms with Crippen LogP contribution in [-0.2, 0) is 35.3 Å². The van der Waals surface area contributed by atoms with Crippen molar-refractivity contribution in [3.8, 4) is 0 Å². The molecule has 1 aliphatic heterocycles. The lowest BCUT2D eigenvalue weighted by Crippen LogP contribution is -2.63. The number of nitrogens with one attached hydrogen (secondary N) is 3. The largest absolute Gasteiger partial charge is 0.459 e. The van der Waals surface area contributed by atoms with Crippen molar-refractivity contribution in [1.29, 1.82) is 0 Å². The first kappa shape index (κ1) is 37.5. The third-order valence-electron chi connectivity index (χ3n) is 9.04. The zero-order valence-electron chi connectivity index (χ0n) is 27.0. The van der Waals surface area contributed by atoms with E-state index >= 15 is 0 Å². The zero-order valence-corrected chi connectivity index (χ0v) is 28.8. The van der Waals surface area contributed by atoms with Gasteiger partial charge in [0.15, 0.2) is 0 Å². The smallest absolute Gasteiger partial charge is 0.332 e. The number of aldehydes is 1. The Bertz CT molecular complexity index is 1210. The van der Waals surface area contributed by atoms with Crippen molar-refractivity contribution in [3.63, 3.8) is 0 Å². The van der Waals surface area contributed by atoms with Crippen LogP contribution in [0.15, 0.2) is 16.8 Å². The minimum absolute atomic E-state index is 0.165. The van der Waals surface area contributed by atoms with Gasteiger partial charge in [-0.2, -0.15) is 11.3 Å². The maximum atomic E-state index is 13.3. The molecule has 1 saturated heterocycles. The predicted molar refractivity (Wildman–Crippen MR) is 178 cm³/mol. The average Bonchev–Trinajstić information content (AvgIpc) is 3.70. The number of ketones is 1. The molecule has 0 aromatic carbocycles. The number of carbonyl (C=O) groups is 6. The molecular formula is C32H49N5O7S2. The number of nitrogens with zero attached hydrogens (tertiary/aromatic N) is 1. The molecule has 4 rings (SSSR count). The summed E-state index contributed by atoms with van der Waals surface area (Å²) in [6.07, 6.45) is 9.96. The summed E-state index contributed by atoms with van der Waals surface area (Å²) >= 11 is 5.34. The number of hydrogen-bond acceptors (Lipinski definition) is 10. The van der Waals surface area contributed by atoms with Gasteiger partial charge in [-0.25, -0.2) is 9.59 Å². The van der Waals surface area contributed by atoms with Gasteiger partial charge in [0.1, 0.15) is 24.5 Å². The molecule has 0 bridgehead atoms. The minimum atomic E-state index is -1.11. The maximum absolute atomic E-state index is 13.3. The van der Waals surface area contributed by atoms with Crippen LogP contribution < -0.4 is 21.1 Å². The number of urea groups is 1. The summed E-state index contributed by atoms with van der Waals surface area (Å²) in [6, 6.07) is -0.467. The highest BCUT2D eigenvalue weighted by Gasteiger charge is 2.45. The van der Waals surface area contributed by atoms with Gasteiger partial charge in [0, 0.05) is 12.1 Å². The van der Waals surface area contributed by atoms with Gasteiger partial charge in [-0.15, -0.1) is 0 Å². The summed E-state index contributed by atoms with van der Waals surface area (Å²) in [4.78, 5) is 74.2. The minimum Gasteiger partial charge on any atom is -0.459 e. The number of likely N-dealkylation sites (tertiary alicyclic amines) is 1. The van der Waals surface area contributed by atoms with Crippen LogP contribution >= 0.6 is 24.2 Å². The average molecular weight is 680 g/mol.